The first-order valence-electron chi connectivity index (χ1n) is 23.2. The minimum atomic E-state index is -1.53. The summed E-state index contributed by atoms with van der Waals surface area (Å²) in [6.45, 7) is 5.68. The van der Waals surface area contributed by atoms with Crippen molar-refractivity contribution in [3.8, 4) is 11.5 Å². The van der Waals surface area contributed by atoms with Crippen LogP contribution in [0.25, 0.3) is 0 Å². The van der Waals surface area contributed by atoms with Crippen LogP contribution in [0.15, 0.2) is 48.5 Å². The fourth-order valence-electron chi connectivity index (χ4n) is 8.51. The zero-order chi connectivity index (χ0) is 47.0. The lowest BCUT2D eigenvalue weighted by Gasteiger charge is -2.32. The molecule has 2 aromatic rings. The summed E-state index contributed by atoms with van der Waals surface area (Å²) in [6.07, 6.45) is 5.31. The fraction of sp³-hybridized carbons (Fsp3) is 0.596. The first kappa shape index (κ1) is 50.3. The van der Waals surface area contributed by atoms with Crippen molar-refractivity contribution in [2.45, 2.75) is 153 Å². The number of hydrogen-bond acceptors (Lipinski definition) is 11. The van der Waals surface area contributed by atoms with Crippen LogP contribution in [0.5, 0.6) is 11.5 Å². The number of amides is 7. The van der Waals surface area contributed by atoms with Gasteiger partial charge in [0.2, 0.25) is 35.4 Å². The lowest BCUT2D eigenvalue weighted by atomic mass is 10.0. The summed E-state index contributed by atoms with van der Waals surface area (Å²) in [5, 5.41) is 45.1. The predicted molar refractivity (Wildman–Crippen MR) is 239 cm³/mol. The molecule has 3 heterocycles. The minimum Gasteiger partial charge on any atom is -0.508 e. The topological polar surface area (TPSA) is 256 Å². The van der Waals surface area contributed by atoms with Crippen molar-refractivity contribution >= 4 is 41.4 Å². The number of aliphatic hydroxyl groups is 2. The van der Waals surface area contributed by atoms with Gasteiger partial charge in [-0.15, -0.1) is 0 Å². The number of nitrogens with one attached hydrogen (secondary N) is 5. The third kappa shape index (κ3) is 14.1. The number of hydrogen-bond donors (Lipinski definition) is 8. The van der Waals surface area contributed by atoms with Crippen LogP contribution in [0.2, 0.25) is 0 Å². The Morgan fingerprint density at radius 3 is 1.88 bits per heavy atom. The SMILES string of the molecule is CCCCCCCCOc1ccc(C(=O)NC2CCCNC(=O)[C@@H]3CCCN3C(=O)[C@H]([C@@H](C)O)NC(=O)[C@H](Cc3ccc(O)cc3)NC(=O)[C@@H]3CCCN3C(=O)[C@H]([C@@H](C)O)NC2=O)cc1. The van der Waals surface area contributed by atoms with Crippen molar-refractivity contribution in [2.24, 2.45) is 0 Å². The van der Waals surface area contributed by atoms with E-state index in [4.69, 9.17) is 4.74 Å². The van der Waals surface area contributed by atoms with E-state index in [0.717, 1.165) is 19.3 Å². The van der Waals surface area contributed by atoms with Crippen LogP contribution >= 0.6 is 0 Å². The molecule has 18 nitrogen and oxygen atoms in total. The van der Waals surface area contributed by atoms with E-state index in [2.05, 4.69) is 33.5 Å². The van der Waals surface area contributed by atoms with Gasteiger partial charge in [0.25, 0.3) is 5.91 Å². The summed E-state index contributed by atoms with van der Waals surface area (Å²) in [6, 6.07) is 4.79. The van der Waals surface area contributed by atoms with Gasteiger partial charge in [-0.3, -0.25) is 33.6 Å². The summed E-state index contributed by atoms with van der Waals surface area (Å²) in [7, 11) is 0. The van der Waals surface area contributed by atoms with E-state index in [9.17, 15) is 48.9 Å². The van der Waals surface area contributed by atoms with Crippen LogP contribution in [0.3, 0.4) is 0 Å². The number of phenols is 1. The van der Waals surface area contributed by atoms with E-state index in [1.54, 1.807) is 36.4 Å². The Hall–Kier alpha value is -5.75. The smallest absolute Gasteiger partial charge is 0.251 e. The van der Waals surface area contributed by atoms with E-state index in [1.165, 1.54) is 55.0 Å². The number of ether oxygens (including phenoxy) is 1. The van der Waals surface area contributed by atoms with E-state index in [0.29, 0.717) is 37.2 Å². The maximum absolute atomic E-state index is 14.2. The average Bonchev–Trinajstić information content (AvgIpc) is 3.99. The molecular formula is C47H67N7O11. The Bertz CT molecular complexity index is 1940. The summed E-state index contributed by atoms with van der Waals surface area (Å²) in [5.41, 5.74) is 0.778. The van der Waals surface area contributed by atoms with Gasteiger partial charge < -0.3 is 56.4 Å². The van der Waals surface area contributed by atoms with E-state index in [1.807, 2.05) is 0 Å². The number of rotatable bonds is 14. The Balaban J connectivity index is 1.39. The number of carbonyl (C=O) groups is 7. The molecule has 0 aromatic heterocycles. The highest BCUT2D eigenvalue weighted by molar-refractivity contribution is 6.00. The van der Waals surface area contributed by atoms with Crippen LogP contribution in [0, 0.1) is 0 Å². The molecule has 7 amide bonds. The van der Waals surface area contributed by atoms with Crippen molar-refractivity contribution in [3.63, 3.8) is 0 Å². The van der Waals surface area contributed by atoms with Gasteiger partial charge >= 0.3 is 0 Å². The van der Waals surface area contributed by atoms with E-state index < -0.39 is 89.8 Å². The van der Waals surface area contributed by atoms with Crippen LogP contribution < -0.4 is 31.3 Å². The number of phenolic OH excluding ortho intramolecular Hbond substituents is 1. The zero-order valence-electron chi connectivity index (χ0n) is 37.8. The Morgan fingerprint density at radius 1 is 0.708 bits per heavy atom. The van der Waals surface area contributed by atoms with E-state index >= 15 is 0 Å². The number of carbonyl (C=O) groups excluding carboxylic acids is 7. The van der Waals surface area contributed by atoms with Crippen molar-refractivity contribution in [1.82, 2.24) is 36.4 Å². The molecule has 3 aliphatic rings. The van der Waals surface area contributed by atoms with Gasteiger partial charge in [-0.05, 0) is 101 Å². The molecule has 1 unspecified atom stereocenters. The van der Waals surface area contributed by atoms with Gasteiger partial charge in [-0.25, -0.2) is 0 Å². The monoisotopic (exact) mass is 905 g/mol. The average molecular weight is 906 g/mol. The molecule has 3 aliphatic heterocycles. The number of fused-ring (bicyclic) bond motifs is 2. The lowest BCUT2D eigenvalue weighted by Crippen LogP contribution is -2.62. The van der Waals surface area contributed by atoms with Gasteiger partial charge in [-0.2, -0.15) is 0 Å². The number of aromatic hydroxyl groups is 1. The minimum absolute atomic E-state index is 0.00136. The molecule has 3 saturated heterocycles. The fourth-order valence-corrected chi connectivity index (χ4v) is 8.51. The largest absolute Gasteiger partial charge is 0.508 e. The molecule has 18 heteroatoms. The number of benzene rings is 2. The second kappa shape index (κ2) is 24.5. The Kier molecular flexibility index (Phi) is 19.0. The van der Waals surface area contributed by atoms with Gasteiger partial charge in [0.05, 0.1) is 18.8 Å². The molecule has 356 valence electrons. The summed E-state index contributed by atoms with van der Waals surface area (Å²) in [5.74, 6) is -4.27. The summed E-state index contributed by atoms with van der Waals surface area (Å²) < 4.78 is 5.86. The number of nitrogens with zero attached hydrogens (tertiary/aromatic N) is 2. The Labute approximate surface area is 380 Å². The Morgan fingerprint density at radius 2 is 1.28 bits per heavy atom. The highest BCUT2D eigenvalue weighted by Gasteiger charge is 2.43. The third-order valence-corrected chi connectivity index (χ3v) is 12.3. The number of unbranched alkanes of at least 4 members (excludes halogenated alkanes) is 5. The molecule has 0 saturated carbocycles. The van der Waals surface area contributed by atoms with Crippen LogP contribution in [-0.2, 0) is 35.2 Å². The number of aliphatic hydroxyl groups excluding tert-OH is 2. The van der Waals surface area contributed by atoms with Gasteiger partial charge in [-0.1, -0.05) is 51.2 Å². The molecule has 2 aromatic carbocycles. The predicted octanol–water partition coefficient (Wildman–Crippen LogP) is 1.58. The molecular weight excluding hydrogens is 839 g/mol. The van der Waals surface area contributed by atoms with Crippen molar-refractivity contribution in [3.05, 3.63) is 59.7 Å². The molecule has 8 atom stereocenters. The second-order valence-electron chi connectivity index (χ2n) is 17.4. The van der Waals surface area contributed by atoms with Gasteiger partial charge in [0.15, 0.2) is 0 Å². The normalized spacial score (nSPS) is 24.9. The van der Waals surface area contributed by atoms with Crippen molar-refractivity contribution in [1.29, 1.82) is 0 Å². The molecule has 0 spiro atoms. The highest BCUT2D eigenvalue weighted by Crippen LogP contribution is 2.23. The van der Waals surface area contributed by atoms with Crippen LogP contribution in [0.1, 0.15) is 114 Å². The molecule has 0 aliphatic carbocycles. The second-order valence-corrected chi connectivity index (χ2v) is 17.4. The molecule has 65 heavy (non-hydrogen) atoms. The quantitative estimate of drug-likeness (QED) is 0.126. The van der Waals surface area contributed by atoms with Gasteiger partial charge in [0.1, 0.15) is 47.8 Å². The van der Waals surface area contributed by atoms with Crippen LogP contribution in [0.4, 0.5) is 0 Å². The molecule has 3 fully saturated rings. The lowest BCUT2D eigenvalue weighted by molar-refractivity contribution is -0.145. The summed E-state index contributed by atoms with van der Waals surface area (Å²) in [4.78, 5) is 100. The molecule has 0 bridgehead atoms. The van der Waals surface area contributed by atoms with Gasteiger partial charge in [0, 0.05) is 31.6 Å². The van der Waals surface area contributed by atoms with Crippen LogP contribution in [-0.4, -0.2) is 141 Å². The third-order valence-electron chi connectivity index (χ3n) is 12.3. The first-order valence-corrected chi connectivity index (χ1v) is 23.2. The van der Waals surface area contributed by atoms with E-state index in [-0.39, 0.29) is 56.6 Å². The first-order chi connectivity index (χ1) is 31.2. The maximum atomic E-state index is 14.2. The standard InChI is InChI=1S/C47H67N7O11/c1-4-5-6-7-8-9-27-65-34-22-18-32(19-23-34)41(58)49-35-13-10-24-48-44(61)37-14-11-25-53(37)46(63)40(30(3)56)52-43(60)36(28-31-16-20-33(57)21-17-31)50-45(62)38-15-12-26-54(38)47(64)39(29(2)55)51-42(35)59/h16-23,29-30,35-40,55-57H,4-15,24-28H2,1-3H3,(H,48,61)(H,49,58)(H,50,62)(H,51,59)(H,52,60)/t29-,30-,35?,36+,37+,38+,39+,40+/m1/s1. The molecule has 8 N–H and O–H groups in total. The highest BCUT2D eigenvalue weighted by atomic mass is 16.5. The zero-order valence-corrected chi connectivity index (χ0v) is 37.8. The van der Waals surface area contributed by atoms with Crippen molar-refractivity contribution in [2.75, 3.05) is 26.2 Å². The van der Waals surface area contributed by atoms with Crippen molar-refractivity contribution < 1.29 is 53.6 Å². The summed E-state index contributed by atoms with van der Waals surface area (Å²) >= 11 is 0. The molecule has 0 radical (unpaired) electrons. The molecule has 5 rings (SSSR count). The maximum Gasteiger partial charge on any atom is 0.251 e.